The van der Waals surface area contributed by atoms with E-state index in [1.807, 2.05) is 6.92 Å². The van der Waals surface area contributed by atoms with Crippen LogP contribution in [-0.2, 0) is 9.47 Å². The van der Waals surface area contributed by atoms with Gasteiger partial charge in [-0.25, -0.2) is 4.39 Å². The third-order valence-electron chi connectivity index (χ3n) is 2.90. The highest BCUT2D eigenvalue weighted by Gasteiger charge is 2.31. The van der Waals surface area contributed by atoms with Gasteiger partial charge >= 0.3 is 0 Å². The van der Waals surface area contributed by atoms with Crippen molar-refractivity contribution in [2.45, 2.75) is 63.9 Å². The van der Waals surface area contributed by atoms with Gasteiger partial charge in [-0.1, -0.05) is 6.92 Å². The Labute approximate surface area is 95.9 Å². The van der Waals surface area contributed by atoms with E-state index in [9.17, 15) is 9.50 Å². The van der Waals surface area contributed by atoms with Crippen LogP contribution in [0.25, 0.3) is 0 Å². The Morgan fingerprint density at radius 3 is 2.81 bits per heavy atom. The Bertz CT molecular complexity index is 206. The number of hydrogen-bond donors (Lipinski definition) is 2. The summed E-state index contributed by atoms with van der Waals surface area (Å²) in [5, 5.41) is 9.55. The largest absolute Gasteiger partial charge is 0.390 e. The minimum atomic E-state index is -0.932. The Morgan fingerprint density at radius 2 is 2.25 bits per heavy atom. The van der Waals surface area contributed by atoms with E-state index in [2.05, 4.69) is 0 Å². The fourth-order valence-electron chi connectivity index (χ4n) is 1.82. The number of halogens is 1. The number of aliphatic hydroxyl groups excluding tert-OH is 1. The molecule has 0 aromatic rings. The van der Waals surface area contributed by atoms with Crippen LogP contribution in [0.4, 0.5) is 4.39 Å². The molecule has 5 atom stereocenters. The first-order chi connectivity index (χ1) is 7.56. The SMILES string of the molecule is CCC(O)[C@@H](C)O[C@@H]1CC(F)CC(CN)O1. The topological polar surface area (TPSA) is 64.7 Å². The zero-order chi connectivity index (χ0) is 12.1. The van der Waals surface area contributed by atoms with Crippen LogP contribution in [0.2, 0.25) is 0 Å². The van der Waals surface area contributed by atoms with E-state index in [4.69, 9.17) is 15.2 Å². The Balaban J connectivity index is 2.41. The summed E-state index contributed by atoms with van der Waals surface area (Å²) < 4.78 is 24.3. The highest BCUT2D eigenvalue weighted by molar-refractivity contribution is 4.75. The molecule has 4 nitrogen and oxygen atoms in total. The van der Waals surface area contributed by atoms with Crippen LogP contribution in [0.3, 0.4) is 0 Å². The molecular weight excluding hydrogens is 213 g/mol. The van der Waals surface area contributed by atoms with Crippen LogP contribution < -0.4 is 5.73 Å². The quantitative estimate of drug-likeness (QED) is 0.745. The Hall–Kier alpha value is -0.230. The van der Waals surface area contributed by atoms with Crippen molar-refractivity contribution in [1.82, 2.24) is 0 Å². The van der Waals surface area contributed by atoms with E-state index in [1.165, 1.54) is 0 Å². The van der Waals surface area contributed by atoms with Gasteiger partial charge in [-0.05, 0) is 13.3 Å². The van der Waals surface area contributed by atoms with Crippen molar-refractivity contribution >= 4 is 0 Å². The van der Waals surface area contributed by atoms with Crippen molar-refractivity contribution in [3.63, 3.8) is 0 Å². The van der Waals surface area contributed by atoms with Gasteiger partial charge in [0.2, 0.25) is 0 Å². The molecule has 0 aliphatic carbocycles. The Kier molecular flexibility index (Phi) is 5.61. The zero-order valence-corrected chi connectivity index (χ0v) is 9.93. The van der Waals surface area contributed by atoms with Gasteiger partial charge in [-0.15, -0.1) is 0 Å². The van der Waals surface area contributed by atoms with Gasteiger partial charge in [0.25, 0.3) is 0 Å². The van der Waals surface area contributed by atoms with Crippen molar-refractivity contribution in [3.05, 3.63) is 0 Å². The molecule has 96 valence electrons. The summed E-state index contributed by atoms with van der Waals surface area (Å²) in [6.45, 7) is 3.93. The molecule has 0 aromatic carbocycles. The molecule has 0 amide bonds. The van der Waals surface area contributed by atoms with Crippen LogP contribution in [0.1, 0.15) is 33.1 Å². The van der Waals surface area contributed by atoms with Gasteiger partial charge in [-0.2, -0.15) is 0 Å². The maximum atomic E-state index is 13.3. The predicted molar refractivity (Wildman–Crippen MR) is 58.7 cm³/mol. The number of rotatable bonds is 5. The molecule has 1 aliphatic heterocycles. The number of nitrogens with two attached hydrogens (primary N) is 1. The number of hydrogen-bond acceptors (Lipinski definition) is 4. The minimum absolute atomic E-state index is 0.220. The second-order valence-corrected chi connectivity index (χ2v) is 4.31. The van der Waals surface area contributed by atoms with Crippen molar-refractivity contribution in [1.29, 1.82) is 0 Å². The molecule has 0 spiro atoms. The lowest BCUT2D eigenvalue weighted by molar-refractivity contribution is -0.234. The van der Waals surface area contributed by atoms with Gasteiger partial charge in [0.15, 0.2) is 6.29 Å². The fourth-order valence-corrected chi connectivity index (χ4v) is 1.82. The van der Waals surface area contributed by atoms with E-state index in [-0.39, 0.29) is 18.6 Å². The monoisotopic (exact) mass is 235 g/mol. The second kappa shape index (κ2) is 6.49. The van der Waals surface area contributed by atoms with Crippen molar-refractivity contribution in [2.24, 2.45) is 5.73 Å². The standard InChI is InChI=1S/C11H22FNO3/c1-3-10(14)7(2)15-11-5-8(12)4-9(6-13)16-11/h7-11,14H,3-6,13H2,1-2H3/t7-,8?,9?,10?,11+/m1/s1. The molecule has 3 N–H and O–H groups in total. The molecule has 1 saturated heterocycles. The normalized spacial score (nSPS) is 34.7. The minimum Gasteiger partial charge on any atom is -0.390 e. The highest BCUT2D eigenvalue weighted by atomic mass is 19.1. The highest BCUT2D eigenvalue weighted by Crippen LogP contribution is 2.24. The van der Waals surface area contributed by atoms with Crippen LogP contribution in [-0.4, -0.2) is 42.4 Å². The van der Waals surface area contributed by atoms with Gasteiger partial charge in [-0.3, -0.25) is 0 Å². The lowest BCUT2D eigenvalue weighted by Gasteiger charge is -2.33. The molecule has 0 radical (unpaired) electrons. The first-order valence-electron chi connectivity index (χ1n) is 5.89. The number of alkyl halides is 1. The van der Waals surface area contributed by atoms with E-state index in [0.29, 0.717) is 19.4 Å². The summed E-state index contributed by atoms with van der Waals surface area (Å²) in [5.41, 5.74) is 5.45. The van der Waals surface area contributed by atoms with Gasteiger partial charge < -0.3 is 20.3 Å². The first-order valence-corrected chi connectivity index (χ1v) is 5.89. The van der Waals surface area contributed by atoms with Gasteiger partial charge in [0.1, 0.15) is 6.17 Å². The lowest BCUT2D eigenvalue weighted by atomic mass is 10.1. The van der Waals surface area contributed by atoms with E-state index in [0.717, 1.165) is 0 Å². The van der Waals surface area contributed by atoms with Crippen molar-refractivity contribution in [3.8, 4) is 0 Å². The van der Waals surface area contributed by atoms with Crippen molar-refractivity contribution < 1.29 is 19.0 Å². The number of aliphatic hydroxyl groups is 1. The molecule has 1 aliphatic rings. The molecule has 16 heavy (non-hydrogen) atoms. The molecule has 1 rings (SSSR count). The summed E-state index contributed by atoms with van der Waals surface area (Å²) in [6, 6.07) is 0. The van der Waals surface area contributed by atoms with Crippen LogP contribution in [0.15, 0.2) is 0 Å². The second-order valence-electron chi connectivity index (χ2n) is 4.31. The summed E-state index contributed by atoms with van der Waals surface area (Å²) >= 11 is 0. The number of ether oxygens (including phenoxy) is 2. The van der Waals surface area contributed by atoms with Crippen LogP contribution in [0.5, 0.6) is 0 Å². The van der Waals surface area contributed by atoms with E-state index in [1.54, 1.807) is 6.92 Å². The third kappa shape index (κ3) is 3.97. The van der Waals surface area contributed by atoms with Crippen LogP contribution >= 0.6 is 0 Å². The molecule has 1 fully saturated rings. The first kappa shape index (κ1) is 13.8. The molecular formula is C11H22FNO3. The summed E-state index contributed by atoms with van der Waals surface area (Å²) in [7, 11) is 0. The van der Waals surface area contributed by atoms with Crippen LogP contribution in [0, 0.1) is 0 Å². The van der Waals surface area contributed by atoms with E-state index < -0.39 is 18.6 Å². The third-order valence-corrected chi connectivity index (χ3v) is 2.90. The molecule has 5 heteroatoms. The smallest absolute Gasteiger partial charge is 0.161 e. The lowest BCUT2D eigenvalue weighted by Crippen LogP contribution is -2.42. The van der Waals surface area contributed by atoms with Gasteiger partial charge in [0.05, 0.1) is 18.3 Å². The average Bonchev–Trinajstić information content (AvgIpc) is 2.26. The molecule has 3 unspecified atom stereocenters. The maximum Gasteiger partial charge on any atom is 0.161 e. The van der Waals surface area contributed by atoms with E-state index >= 15 is 0 Å². The summed E-state index contributed by atoms with van der Waals surface area (Å²) in [6.07, 6.45) is -1.53. The van der Waals surface area contributed by atoms with Gasteiger partial charge in [0, 0.05) is 19.4 Å². The molecule has 0 bridgehead atoms. The molecule has 0 aromatic heterocycles. The molecule has 1 heterocycles. The predicted octanol–water partition coefficient (Wildman–Crippen LogP) is 0.964. The summed E-state index contributed by atoms with van der Waals surface area (Å²) in [5.74, 6) is 0. The summed E-state index contributed by atoms with van der Waals surface area (Å²) in [4.78, 5) is 0. The maximum absolute atomic E-state index is 13.3. The Morgan fingerprint density at radius 1 is 1.56 bits per heavy atom. The zero-order valence-electron chi connectivity index (χ0n) is 9.93. The molecule has 0 saturated carbocycles. The fraction of sp³-hybridized carbons (Fsp3) is 1.00. The average molecular weight is 235 g/mol. The van der Waals surface area contributed by atoms with Crippen molar-refractivity contribution in [2.75, 3.05) is 6.54 Å².